The van der Waals surface area contributed by atoms with Crippen molar-refractivity contribution in [3.8, 4) is 5.82 Å². The zero-order valence-electron chi connectivity index (χ0n) is 16.6. The first-order valence-electron chi connectivity index (χ1n) is 9.46. The van der Waals surface area contributed by atoms with Gasteiger partial charge in [-0.05, 0) is 32.0 Å². The van der Waals surface area contributed by atoms with Crippen molar-refractivity contribution in [3.05, 3.63) is 64.7 Å². The highest BCUT2D eigenvalue weighted by Crippen LogP contribution is 2.12. The summed E-state index contributed by atoms with van der Waals surface area (Å²) in [7, 11) is 0. The largest absolute Gasteiger partial charge is 0.420 e. The molecule has 1 aromatic carbocycles. The van der Waals surface area contributed by atoms with Crippen molar-refractivity contribution >= 4 is 22.8 Å². The van der Waals surface area contributed by atoms with Gasteiger partial charge in [-0.3, -0.25) is 9.36 Å². The Kier molecular flexibility index (Phi) is 5.29. The van der Waals surface area contributed by atoms with Crippen molar-refractivity contribution in [1.82, 2.24) is 29.6 Å². The minimum Gasteiger partial charge on any atom is -0.408 e. The lowest BCUT2D eigenvalue weighted by molar-refractivity contribution is -0.121. The van der Waals surface area contributed by atoms with Gasteiger partial charge in [0.25, 0.3) is 0 Å². The van der Waals surface area contributed by atoms with E-state index in [9.17, 15) is 9.59 Å². The maximum atomic E-state index is 12.2. The molecule has 154 valence electrons. The van der Waals surface area contributed by atoms with Gasteiger partial charge in [-0.25, -0.2) is 19.4 Å². The molecule has 0 fully saturated rings. The number of nitrogens with zero attached hydrogens (tertiary/aromatic N) is 5. The van der Waals surface area contributed by atoms with Crippen LogP contribution in [0.2, 0.25) is 0 Å². The van der Waals surface area contributed by atoms with Crippen LogP contribution in [0, 0.1) is 13.8 Å². The third-order valence-electron chi connectivity index (χ3n) is 4.51. The lowest BCUT2D eigenvalue weighted by Crippen LogP contribution is -2.33. The molecule has 0 spiro atoms. The summed E-state index contributed by atoms with van der Waals surface area (Å²) in [6.45, 7) is 4.60. The Bertz CT molecular complexity index is 1250. The standard InChI is InChI=1S/C20H21N7O3/c1-13-9-14(2)27(25-13)18-10-17(23-12-24-18)21-7-8-22-19(28)11-26-15-5-3-4-6-16(15)30-20(26)29/h3-6,9-10,12H,7-8,11H2,1-2H3,(H,22,28)(H,21,23,24). The number of rotatable bonds is 7. The van der Waals surface area contributed by atoms with Gasteiger partial charge < -0.3 is 15.1 Å². The zero-order valence-corrected chi connectivity index (χ0v) is 16.6. The number of aryl methyl sites for hydroxylation is 2. The minimum atomic E-state index is -0.554. The summed E-state index contributed by atoms with van der Waals surface area (Å²) in [5.41, 5.74) is 2.94. The molecule has 2 N–H and O–H groups in total. The maximum Gasteiger partial charge on any atom is 0.420 e. The summed E-state index contributed by atoms with van der Waals surface area (Å²) in [5, 5.41) is 10.3. The van der Waals surface area contributed by atoms with Crippen molar-refractivity contribution in [1.29, 1.82) is 0 Å². The number of fused-ring (bicyclic) bond motifs is 1. The number of hydrogen-bond donors (Lipinski definition) is 2. The van der Waals surface area contributed by atoms with Gasteiger partial charge in [-0.1, -0.05) is 12.1 Å². The fourth-order valence-electron chi connectivity index (χ4n) is 3.18. The van der Waals surface area contributed by atoms with Gasteiger partial charge in [0.1, 0.15) is 18.7 Å². The van der Waals surface area contributed by atoms with Crippen molar-refractivity contribution < 1.29 is 9.21 Å². The molecule has 1 amide bonds. The third kappa shape index (κ3) is 4.07. The average Bonchev–Trinajstić information content (AvgIpc) is 3.23. The number of para-hydroxylation sites is 2. The Morgan fingerprint density at radius 1 is 1.13 bits per heavy atom. The molecule has 0 bridgehead atoms. The summed E-state index contributed by atoms with van der Waals surface area (Å²) in [6, 6.07) is 10.8. The quantitative estimate of drug-likeness (QED) is 0.445. The van der Waals surface area contributed by atoms with Crippen molar-refractivity contribution in [2.45, 2.75) is 20.4 Å². The molecule has 3 heterocycles. The van der Waals surface area contributed by atoms with Gasteiger partial charge in [0, 0.05) is 24.8 Å². The van der Waals surface area contributed by atoms with Crippen LogP contribution >= 0.6 is 0 Å². The monoisotopic (exact) mass is 407 g/mol. The average molecular weight is 407 g/mol. The SMILES string of the molecule is Cc1cc(C)n(-c2cc(NCCNC(=O)Cn3c(=O)oc4ccccc43)ncn2)n1. The van der Waals surface area contributed by atoms with E-state index < -0.39 is 5.76 Å². The minimum absolute atomic E-state index is 0.106. The van der Waals surface area contributed by atoms with E-state index in [2.05, 4.69) is 25.7 Å². The van der Waals surface area contributed by atoms with Crippen LogP contribution < -0.4 is 16.4 Å². The summed E-state index contributed by atoms with van der Waals surface area (Å²) < 4.78 is 8.19. The van der Waals surface area contributed by atoms with Gasteiger partial charge >= 0.3 is 5.76 Å². The molecule has 4 rings (SSSR count). The second kappa shape index (κ2) is 8.19. The van der Waals surface area contributed by atoms with Gasteiger partial charge in [0.2, 0.25) is 5.91 Å². The van der Waals surface area contributed by atoms with E-state index in [4.69, 9.17) is 4.42 Å². The molecule has 10 heteroatoms. The lowest BCUT2D eigenvalue weighted by Gasteiger charge is -2.09. The highest BCUT2D eigenvalue weighted by atomic mass is 16.4. The van der Waals surface area contributed by atoms with Crippen molar-refractivity contribution in [3.63, 3.8) is 0 Å². The van der Waals surface area contributed by atoms with Crippen LogP contribution in [-0.2, 0) is 11.3 Å². The fourth-order valence-corrected chi connectivity index (χ4v) is 3.18. The summed E-state index contributed by atoms with van der Waals surface area (Å²) >= 11 is 0. The Balaban J connectivity index is 1.31. The van der Waals surface area contributed by atoms with Gasteiger partial charge in [0.05, 0.1) is 11.2 Å². The molecule has 4 aromatic rings. The molecule has 0 radical (unpaired) electrons. The number of carbonyl (C=O) groups excluding carboxylic acids is 1. The second-order valence-electron chi connectivity index (χ2n) is 6.80. The molecule has 10 nitrogen and oxygen atoms in total. The van der Waals surface area contributed by atoms with E-state index in [1.807, 2.05) is 19.9 Å². The second-order valence-corrected chi connectivity index (χ2v) is 6.80. The first-order chi connectivity index (χ1) is 14.5. The molecular formula is C20H21N7O3. The molecule has 0 saturated heterocycles. The van der Waals surface area contributed by atoms with Crippen molar-refractivity contribution in [2.75, 3.05) is 18.4 Å². The molecular weight excluding hydrogens is 386 g/mol. The molecule has 3 aromatic heterocycles. The zero-order chi connectivity index (χ0) is 21.1. The van der Waals surface area contributed by atoms with Crippen LogP contribution in [0.3, 0.4) is 0 Å². The van der Waals surface area contributed by atoms with Gasteiger partial charge in [-0.15, -0.1) is 0 Å². The van der Waals surface area contributed by atoms with E-state index in [0.29, 0.717) is 35.8 Å². The lowest BCUT2D eigenvalue weighted by atomic mass is 10.3. The number of aromatic nitrogens is 5. The predicted octanol–water partition coefficient (Wildman–Crippen LogP) is 1.42. The van der Waals surface area contributed by atoms with Crippen LogP contribution in [0.1, 0.15) is 11.4 Å². The van der Waals surface area contributed by atoms with Crippen LogP contribution in [-0.4, -0.2) is 43.3 Å². The maximum absolute atomic E-state index is 12.2. The number of carbonyl (C=O) groups is 1. The topological polar surface area (TPSA) is 120 Å². The highest BCUT2D eigenvalue weighted by Gasteiger charge is 2.12. The van der Waals surface area contributed by atoms with E-state index in [-0.39, 0.29) is 12.5 Å². The number of nitrogens with one attached hydrogen (secondary N) is 2. The number of anilines is 1. The first-order valence-corrected chi connectivity index (χ1v) is 9.46. The smallest absolute Gasteiger partial charge is 0.408 e. The molecule has 0 aliphatic rings. The summed E-state index contributed by atoms with van der Waals surface area (Å²) in [4.78, 5) is 32.6. The van der Waals surface area contributed by atoms with E-state index in [1.54, 1.807) is 35.0 Å². The normalized spacial score (nSPS) is 11.0. The molecule has 0 unspecified atom stereocenters. The molecule has 0 aliphatic heterocycles. The predicted molar refractivity (Wildman–Crippen MR) is 111 cm³/mol. The van der Waals surface area contributed by atoms with E-state index in [0.717, 1.165) is 11.4 Å². The Morgan fingerprint density at radius 3 is 2.77 bits per heavy atom. The number of benzene rings is 1. The van der Waals surface area contributed by atoms with Gasteiger partial charge in [0.15, 0.2) is 11.4 Å². The van der Waals surface area contributed by atoms with Gasteiger partial charge in [-0.2, -0.15) is 5.10 Å². The summed E-state index contributed by atoms with van der Waals surface area (Å²) in [5.74, 6) is 0.450. The number of oxazole rings is 1. The van der Waals surface area contributed by atoms with Crippen molar-refractivity contribution in [2.24, 2.45) is 0 Å². The van der Waals surface area contributed by atoms with E-state index >= 15 is 0 Å². The third-order valence-corrected chi connectivity index (χ3v) is 4.51. The molecule has 0 atom stereocenters. The Labute approximate surface area is 171 Å². The van der Waals surface area contributed by atoms with E-state index in [1.165, 1.54) is 10.9 Å². The Hall–Kier alpha value is -3.95. The highest BCUT2D eigenvalue weighted by molar-refractivity contribution is 5.79. The van der Waals surface area contributed by atoms with Crippen LogP contribution in [0.25, 0.3) is 16.9 Å². The first kappa shape index (κ1) is 19.4. The number of hydrogen-bond acceptors (Lipinski definition) is 7. The van der Waals surface area contributed by atoms with Crippen LogP contribution in [0.5, 0.6) is 0 Å². The molecule has 0 aliphatic carbocycles. The fraction of sp³-hybridized carbons (Fsp3) is 0.250. The Morgan fingerprint density at radius 2 is 1.97 bits per heavy atom. The molecule has 0 saturated carbocycles. The number of amides is 1. The van der Waals surface area contributed by atoms with Crippen LogP contribution in [0.15, 0.2) is 51.9 Å². The molecule has 30 heavy (non-hydrogen) atoms. The summed E-state index contributed by atoms with van der Waals surface area (Å²) in [6.07, 6.45) is 1.46. The van der Waals surface area contributed by atoms with Crippen LogP contribution in [0.4, 0.5) is 5.82 Å².